The third kappa shape index (κ3) is 3.70. The molecule has 0 aliphatic carbocycles. The molecule has 3 aromatic rings. The molecule has 6 nitrogen and oxygen atoms in total. The Labute approximate surface area is 151 Å². The summed E-state index contributed by atoms with van der Waals surface area (Å²) in [4.78, 5) is 20.6. The molecule has 0 saturated heterocycles. The van der Waals surface area contributed by atoms with Gasteiger partial charge in [0.25, 0.3) is 0 Å². The number of rotatable bonds is 7. The molecule has 6 heteroatoms. The number of phenolic OH excluding ortho intramolecular Hbond substituents is 1. The van der Waals surface area contributed by atoms with E-state index in [0.29, 0.717) is 12.1 Å². The van der Waals surface area contributed by atoms with E-state index in [-0.39, 0.29) is 12.2 Å². The van der Waals surface area contributed by atoms with Gasteiger partial charge in [0.15, 0.2) is 0 Å². The first-order chi connectivity index (χ1) is 12.6. The van der Waals surface area contributed by atoms with Crippen molar-refractivity contribution in [2.24, 2.45) is 5.73 Å². The molecule has 0 saturated carbocycles. The Balaban J connectivity index is 2.03. The molecule has 132 valence electrons. The molecular weight excluding hydrogens is 328 g/mol. The first-order valence-corrected chi connectivity index (χ1v) is 8.23. The number of carbonyl (C=O) groups excluding carboxylic acids is 1. The second-order valence-electron chi connectivity index (χ2n) is 6.03. The average molecular weight is 348 g/mol. The highest BCUT2D eigenvalue weighted by atomic mass is 16.3. The van der Waals surface area contributed by atoms with Crippen LogP contribution in [0.15, 0.2) is 73.3 Å². The number of nitrogens with two attached hydrogens (primary N) is 1. The van der Waals surface area contributed by atoms with Gasteiger partial charge in [-0.1, -0.05) is 18.2 Å². The van der Waals surface area contributed by atoms with E-state index < -0.39 is 11.4 Å². The number of phenols is 1. The number of carbonyl (C=O) groups is 1. The van der Waals surface area contributed by atoms with Crippen molar-refractivity contribution in [1.29, 1.82) is 0 Å². The number of hydrogen-bond donors (Lipinski definition) is 3. The standard InChI is InChI=1S/C20H20N4O2/c21-19(26)20(13-15-5-9-22-10-6-15,17-3-1-2-4-18(17)25)24-14-16-7-11-23-12-8-16/h1-12,24-25H,13-14H2,(H2,21,26). The minimum Gasteiger partial charge on any atom is -0.508 e. The topological polar surface area (TPSA) is 101 Å². The fraction of sp³-hybridized carbons (Fsp3) is 0.150. The fourth-order valence-corrected chi connectivity index (χ4v) is 2.95. The second-order valence-corrected chi connectivity index (χ2v) is 6.03. The first kappa shape index (κ1) is 17.6. The summed E-state index contributed by atoms with van der Waals surface area (Å²) in [6.45, 7) is 0.394. The molecule has 4 N–H and O–H groups in total. The summed E-state index contributed by atoms with van der Waals surface area (Å²) in [5.74, 6) is -0.549. The molecule has 1 unspecified atom stereocenters. The van der Waals surface area contributed by atoms with Gasteiger partial charge in [-0.25, -0.2) is 0 Å². The molecule has 1 atom stereocenters. The van der Waals surface area contributed by atoms with E-state index in [1.165, 1.54) is 0 Å². The summed E-state index contributed by atoms with van der Waals surface area (Å²) in [6.07, 6.45) is 6.98. The van der Waals surface area contributed by atoms with E-state index in [2.05, 4.69) is 15.3 Å². The summed E-state index contributed by atoms with van der Waals surface area (Å²) in [7, 11) is 0. The zero-order chi connectivity index (χ0) is 18.4. The van der Waals surface area contributed by atoms with Crippen molar-refractivity contribution in [3.8, 4) is 5.75 Å². The smallest absolute Gasteiger partial charge is 0.242 e. The number of aromatic hydroxyl groups is 1. The van der Waals surface area contributed by atoms with Crippen molar-refractivity contribution in [1.82, 2.24) is 15.3 Å². The molecule has 0 radical (unpaired) electrons. The summed E-state index contributed by atoms with van der Waals surface area (Å²) < 4.78 is 0. The SMILES string of the molecule is NC(=O)C(Cc1ccncc1)(NCc1ccncc1)c1ccccc1O. The maximum absolute atomic E-state index is 12.6. The average Bonchev–Trinajstić information content (AvgIpc) is 2.67. The maximum atomic E-state index is 12.6. The number of nitrogens with zero attached hydrogens (tertiary/aromatic N) is 2. The highest BCUT2D eigenvalue weighted by molar-refractivity contribution is 5.87. The van der Waals surface area contributed by atoms with Gasteiger partial charge in [-0.15, -0.1) is 0 Å². The summed E-state index contributed by atoms with van der Waals surface area (Å²) in [6, 6.07) is 14.1. The molecule has 2 heterocycles. The van der Waals surface area contributed by atoms with E-state index in [4.69, 9.17) is 5.73 Å². The van der Waals surface area contributed by atoms with Crippen LogP contribution in [0.3, 0.4) is 0 Å². The van der Waals surface area contributed by atoms with Gasteiger partial charge in [0.2, 0.25) is 5.91 Å². The van der Waals surface area contributed by atoms with E-state index in [0.717, 1.165) is 11.1 Å². The Kier molecular flexibility index (Phi) is 5.24. The van der Waals surface area contributed by atoms with Crippen LogP contribution < -0.4 is 11.1 Å². The van der Waals surface area contributed by atoms with Crippen LogP contribution in [0.25, 0.3) is 0 Å². The largest absolute Gasteiger partial charge is 0.508 e. The van der Waals surface area contributed by atoms with Crippen LogP contribution in [0.4, 0.5) is 0 Å². The number of primary amides is 1. The van der Waals surface area contributed by atoms with Crippen molar-refractivity contribution in [2.75, 3.05) is 0 Å². The Bertz CT molecular complexity index is 871. The number of para-hydroxylation sites is 1. The van der Waals surface area contributed by atoms with Gasteiger partial charge in [-0.2, -0.15) is 0 Å². The predicted molar refractivity (Wildman–Crippen MR) is 98.0 cm³/mol. The van der Waals surface area contributed by atoms with Gasteiger partial charge >= 0.3 is 0 Å². The lowest BCUT2D eigenvalue weighted by atomic mass is 9.82. The highest BCUT2D eigenvalue weighted by Gasteiger charge is 2.40. The Morgan fingerprint density at radius 1 is 0.962 bits per heavy atom. The molecule has 3 rings (SSSR count). The summed E-state index contributed by atoms with van der Waals surface area (Å²) in [5.41, 5.74) is 6.85. The van der Waals surface area contributed by atoms with Gasteiger partial charge in [0.05, 0.1) is 0 Å². The van der Waals surface area contributed by atoms with Crippen LogP contribution in [-0.4, -0.2) is 21.0 Å². The Morgan fingerprint density at radius 2 is 1.54 bits per heavy atom. The van der Waals surface area contributed by atoms with Crippen molar-refractivity contribution >= 4 is 5.91 Å². The summed E-state index contributed by atoms with van der Waals surface area (Å²) >= 11 is 0. The van der Waals surface area contributed by atoms with Crippen LogP contribution >= 0.6 is 0 Å². The zero-order valence-corrected chi connectivity index (χ0v) is 14.2. The molecular formula is C20H20N4O2. The van der Waals surface area contributed by atoms with Crippen LogP contribution in [0.2, 0.25) is 0 Å². The third-order valence-electron chi connectivity index (χ3n) is 4.35. The van der Waals surface area contributed by atoms with E-state index >= 15 is 0 Å². The van der Waals surface area contributed by atoms with Crippen molar-refractivity contribution < 1.29 is 9.90 Å². The predicted octanol–water partition coefficient (Wildman–Crippen LogP) is 1.90. The van der Waals surface area contributed by atoms with E-state index in [1.807, 2.05) is 24.3 Å². The molecule has 1 aromatic carbocycles. The normalized spacial score (nSPS) is 13.1. The van der Waals surface area contributed by atoms with Crippen LogP contribution in [0.1, 0.15) is 16.7 Å². The first-order valence-electron chi connectivity index (χ1n) is 8.23. The zero-order valence-electron chi connectivity index (χ0n) is 14.2. The Morgan fingerprint density at radius 3 is 2.12 bits per heavy atom. The minimum atomic E-state index is -1.27. The molecule has 1 amide bonds. The van der Waals surface area contributed by atoms with Crippen molar-refractivity contribution in [3.63, 3.8) is 0 Å². The summed E-state index contributed by atoms with van der Waals surface area (Å²) in [5, 5.41) is 13.7. The van der Waals surface area contributed by atoms with Gasteiger partial charge in [0, 0.05) is 43.3 Å². The minimum absolute atomic E-state index is 0.0163. The van der Waals surface area contributed by atoms with Crippen molar-refractivity contribution in [3.05, 3.63) is 90.0 Å². The molecule has 0 bridgehead atoms. The quantitative estimate of drug-likeness (QED) is 0.605. The van der Waals surface area contributed by atoms with Gasteiger partial charge < -0.3 is 10.8 Å². The van der Waals surface area contributed by atoms with Crippen molar-refractivity contribution in [2.45, 2.75) is 18.5 Å². The fourth-order valence-electron chi connectivity index (χ4n) is 2.95. The molecule has 0 fully saturated rings. The maximum Gasteiger partial charge on any atom is 0.242 e. The number of benzene rings is 1. The third-order valence-corrected chi connectivity index (χ3v) is 4.35. The second kappa shape index (κ2) is 7.76. The van der Waals surface area contributed by atoms with Gasteiger partial charge in [-0.3, -0.25) is 20.1 Å². The molecule has 0 aliphatic heterocycles. The Hall–Kier alpha value is -3.25. The van der Waals surface area contributed by atoms with Crippen LogP contribution in [0.5, 0.6) is 5.75 Å². The molecule has 0 spiro atoms. The van der Waals surface area contributed by atoms with Gasteiger partial charge in [-0.05, 0) is 41.5 Å². The molecule has 26 heavy (non-hydrogen) atoms. The lowest BCUT2D eigenvalue weighted by molar-refractivity contribution is -0.125. The molecule has 0 aliphatic rings. The lowest BCUT2D eigenvalue weighted by Crippen LogP contribution is -2.54. The van der Waals surface area contributed by atoms with Gasteiger partial charge in [0.1, 0.15) is 11.3 Å². The van der Waals surface area contributed by atoms with E-state index in [9.17, 15) is 9.90 Å². The molecule has 2 aromatic heterocycles. The monoisotopic (exact) mass is 348 g/mol. The lowest BCUT2D eigenvalue weighted by Gasteiger charge is -2.33. The van der Waals surface area contributed by atoms with Crippen LogP contribution in [0, 0.1) is 0 Å². The highest BCUT2D eigenvalue weighted by Crippen LogP contribution is 2.32. The number of nitrogens with one attached hydrogen (secondary N) is 1. The number of hydrogen-bond acceptors (Lipinski definition) is 5. The number of aromatic nitrogens is 2. The number of pyridine rings is 2. The van der Waals surface area contributed by atoms with E-state index in [1.54, 1.807) is 49.1 Å². The van der Waals surface area contributed by atoms with Crippen LogP contribution in [-0.2, 0) is 23.3 Å². The number of amides is 1.